The van der Waals surface area contributed by atoms with E-state index in [1.165, 1.54) is 6.26 Å². The standard InChI is InChI=1S/C13H12ClNO2/c1-9(10-5-3-2-4-6-10)15-13(16)11-7-8-17-12(11)14/h2-9H,1H3,(H,15,16)/t9-/m0/s1. The largest absolute Gasteiger partial charge is 0.452 e. The predicted molar refractivity (Wildman–Crippen MR) is 66.0 cm³/mol. The lowest BCUT2D eigenvalue weighted by Crippen LogP contribution is -2.26. The molecule has 0 saturated heterocycles. The molecule has 0 spiro atoms. The third-order valence-electron chi connectivity index (χ3n) is 2.51. The van der Waals surface area contributed by atoms with E-state index in [0.29, 0.717) is 5.56 Å². The van der Waals surface area contributed by atoms with E-state index < -0.39 is 0 Å². The highest BCUT2D eigenvalue weighted by molar-refractivity contribution is 6.32. The van der Waals surface area contributed by atoms with Crippen LogP contribution in [0.5, 0.6) is 0 Å². The molecule has 0 fully saturated rings. The summed E-state index contributed by atoms with van der Waals surface area (Å²) in [6.07, 6.45) is 1.39. The fourth-order valence-corrected chi connectivity index (χ4v) is 1.76. The summed E-state index contributed by atoms with van der Waals surface area (Å²) < 4.78 is 4.88. The Balaban J connectivity index is 2.08. The highest BCUT2D eigenvalue weighted by Gasteiger charge is 2.15. The monoisotopic (exact) mass is 249 g/mol. The lowest BCUT2D eigenvalue weighted by atomic mass is 10.1. The van der Waals surface area contributed by atoms with Crippen LogP contribution < -0.4 is 5.32 Å². The second kappa shape index (κ2) is 5.06. The fraction of sp³-hybridized carbons (Fsp3) is 0.154. The molecule has 1 aromatic carbocycles. The summed E-state index contributed by atoms with van der Waals surface area (Å²) in [6.45, 7) is 1.92. The summed E-state index contributed by atoms with van der Waals surface area (Å²) in [7, 11) is 0. The Morgan fingerprint density at radius 1 is 1.29 bits per heavy atom. The van der Waals surface area contributed by atoms with Crippen LogP contribution in [0.1, 0.15) is 28.9 Å². The molecule has 4 heteroatoms. The van der Waals surface area contributed by atoms with E-state index in [9.17, 15) is 4.79 Å². The maximum atomic E-state index is 11.9. The summed E-state index contributed by atoms with van der Waals surface area (Å²) in [5.41, 5.74) is 1.40. The van der Waals surface area contributed by atoms with Crippen molar-refractivity contribution < 1.29 is 9.21 Å². The Bertz CT molecular complexity index is 507. The molecule has 1 N–H and O–H groups in total. The highest BCUT2D eigenvalue weighted by atomic mass is 35.5. The smallest absolute Gasteiger partial charge is 0.256 e. The molecule has 2 rings (SSSR count). The maximum Gasteiger partial charge on any atom is 0.256 e. The topological polar surface area (TPSA) is 42.2 Å². The summed E-state index contributed by atoms with van der Waals surface area (Å²) in [6, 6.07) is 11.2. The van der Waals surface area contributed by atoms with Crippen LogP contribution in [0.15, 0.2) is 47.1 Å². The molecule has 88 valence electrons. The minimum atomic E-state index is -0.236. The number of furan rings is 1. The molecule has 0 aliphatic carbocycles. The van der Waals surface area contributed by atoms with Gasteiger partial charge in [0, 0.05) is 0 Å². The van der Waals surface area contributed by atoms with E-state index in [2.05, 4.69) is 5.32 Å². The van der Waals surface area contributed by atoms with Gasteiger partial charge in [-0.1, -0.05) is 30.3 Å². The molecule has 0 radical (unpaired) electrons. The van der Waals surface area contributed by atoms with Gasteiger partial charge in [-0.3, -0.25) is 4.79 Å². The minimum absolute atomic E-state index is 0.0744. The normalized spacial score (nSPS) is 12.1. The zero-order valence-corrected chi connectivity index (χ0v) is 10.1. The van der Waals surface area contributed by atoms with Gasteiger partial charge >= 0.3 is 0 Å². The van der Waals surface area contributed by atoms with Crippen molar-refractivity contribution in [2.75, 3.05) is 0 Å². The van der Waals surface area contributed by atoms with Crippen LogP contribution in [0.3, 0.4) is 0 Å². The third kappa shape index (κ3) is 2.68. The summed E-state index contributed by atoms with van der Waals surface area (Å²) in [5, 5.41) is 2.97. The lowest BCUT2D eigenvalue weighted by molar-refractivity contribution is 0.0939. The van der Waals surface area contributed by atoms with Crippen LogP contribution >= 0.6 is 11.6 Å². The zero-order valence-electron chi connectivity index (χ0n) is 9.31. The van der Waals surface area contributed by atoms with Crippen molar-refractivity contribution in [3.8, 4) is 0 Å². The van der Waals surface area contributed by atoms with Gasteiger partial charge < -0.3 is 9.73 Å². The number of hydrogen-bond acceptors (Lipinski definition) is 2. The van der Waals surface area contributed by atoms with Gasteiger partial charge in [0.05, 0.1) is 17.9 Å². The van der Waals surface area contributed by atoms with Gasteiger partial charge in [-0.25, -0.2) is 0 Å². The molecule has 17 heavy (non-hydrogen) atoms. The number of rotatable bonds is 3. The Morgan fingerprint density at radius 2 is 2.00 bits per heavy atom. The Morgan fingerprint density at radius 3 is 2.59 bits per heavy atom. The Hall–Kier alpha value is -1.74. The van der Waals surface area contributed by atoms with Crippen molar-refractivity contribution in [1.29, 1.82) is 0 Å². The predicted octanol–water partition coefficient (Wildman–Crippen LogP) is 3.42. The summed E-state index contributed by atoms with van der Waals surface area (Å²) in [5.74, 6) is -0.236. The van der Waals surface area contributed by atoms with Crippen molar-refractivity contribution >= 4 is 17.5 Å². The maximum absolute atomic E-state index is 11.9. The first-order valence-electron chi connectivity index (χ1n) is 5.27. The first kappa shape index (κ1) is 11.7. The van der Waals surface area contributed by atoms with Crippen molar-refractivity contribution in [3.05, 3.63) is 59.0 Å². The van der Waals surface area contributed by atoms with E-state index >= 15 is 0 Å². The van der Waals surface area contributed by atoms with Crippen LogP contribution in [0.4, 0.5) is 0 Å². The van der Waals surface area contributed by atoms with Crippen molar-refractivity contribution in [3.63, 3.8) is 0 Å². The van der Waals surface area contributed by atoms with Crippen LogP contribution in [0.25, 0.3) is 0 Å². The van der Waals surface area contributed by atoms with Gasteiger partial charge in [0.2, 0.25) is 5.22 Å². The molecule has 0 aliphatic heterocycles. The van der Waals surface area contributed by atoms with Crippen LogP contribution in [-0.4, -0.2) is 5.91 Å². The van der Waals surface area contributed by atoms with Crippen molar-refractivity contribution in [1.82, 2.24) is 5.32 Å². The molecule has 1 aromatic heterocycles. The van der Waals surface area contributed by atoms with E-state index in [0.717, 1.165) is 5.56 Å². The summed E-state index contributed by atoms with van der Waals surface area (Å²) in [4.78, 5) is 11.9. The number of carbonyl (C=O) groups is 1. The number of hydrogen-bond donors (Lipinski definition) is 1. The number of carbonyl (C=O) groups excluding carboxylic acids is 1. The molecule has 2 aromatic rings. The number of benzene rings is 1. The van der Waals surface area contributed by atoms with E-state index in [1.54, 1.807) is 6.07 Å². The molecule has 0 unspecified atom stereocenters. The van der Waals surface area contributed by atoms with Crippen molar-refractivity contribution in [2.45, 2.75) is 13.0 Å². The summed E-state index contributed by atoms with van der Waals surface area (Å²) >= 11 is 5.74. The number of amides is 1. The quantitative estimate of drug-likeness (QED) is 0.906. The van der Waals surface area contributed by atoms with Gasteiger partial charge in [0.25, 0.3) is 5.91 Å². The van der Waals surface area contributed by atoms with Crippen LogP contribution in [0.2, 0.25) is 5.22 Å². The van der Waals surface area contributed by atoms with Crippen LogP contribution in [-0.2, 0) is 0 Å². The molecular formula is C13H12ClNO2. The van der Waals surface area contributed by atoms with Gasteiger partial charge in [-0.2, -0.15) is 0 Å². The SMILES string of the molecule is C[C@H](NC(=O)c1ccoc1Cl)c1ccccc1. The fourth-order valence-electron chi connectivity index (χ4n) is 1.56. The zero-order chi connectivity index (χ0) is 12.3. The van der Waals surface area contributed by atoms with E-state index in [4.69, 9.17) is 16.0 Å². The van der Waals surface area contributed by atoms with E-state index in [1.807, 2.05) is 37.3 Å². The van der Waals surface area contributed by atoms with Gasteiger partial charge in [0.1, 0.15) is 0 Å². The molecule has 0 aliphatic rings. The van der Waals surface area contributed by atoms with E-state index in [-0.39, 0.29) is 17.2 Å². The molecule has 1 atom stereocenters. The first-order valence-corrected chi connectivity index (χ1v) is 5.65. The Labute approximate surface area is 104 Å². The van der Waals surface area contributed by atoms with Gasteiger partial charge in [-0.05, 0) is 30.2 Å². The van der Waals surface area contributed by atoms with Crippen molar-refractivity contribution in [2.24, 2.45) is 0 Å². The number of nitrogens with one attached hydrogen (secondary N) is 1. The first-order chi connectivity index (χ1) is 8.18. The molecule has 1 amide bonds. The third-order valence-corrected chi connectivity index (χ3v) is 2.80. The molecular weight excluding hydrogens is 238 g/mol. The molecule has 0 bridgehead atoms. The second-order valence-electron chi connectivity index (χ2n) is 3.71. The van der Waals surface area contributed by atoms with Gasteiger partial charge in [-0.15, -0.1) is 0 Å². The molecule has 0 saturated carbocycles. The molecule has 1 heterocycles. The second-order valence-corrected chi connectivity index (χ2v) is 4.06. The highest BCUT2D eigenvalue weighted by Crippen LogP contribution is 2.18. The lowest BCUT2D eigenvalue weighted by Gasteiger charge is -2.13. The minimum Gasteiger partial charge on any atom is -0.452 e. The van der Waals surface area contributed by atoms with Crippen LogP contribution in [0, 0.1) is 0 Å². The van der Waals surface area contributed by atoms with Gasteiger partial charge in [0.15, 0.2) is 0 Å². The average molecular weight is 250 g/mol. The average Bonchev–Trinajstić information content (AvgIpc) is 2.76. The Kier molecular flexibility index (Phi) is 3.49. The number of halogens is 1. The molecule has 3 nitrogen and oxygen atoms in total.